The summed E-state index contributed by atoms with van der Waals surface area (Å²) in [4.78, 5) is 16.0. The van der Waals surface area contributed by atoms with E-state index in [1.165, 1.54) is 11.8 Å². The number of ether oxygens (including phenoxy) is 1. The van der Waals surface area contributed by atoms with E-state index in [1.807, 2.05) is 23.7 Å². The van der Waals surface area contributed by atoms with E-state index in [0.29, 0.717) is 17.5 Å². The fourth-order valence-corrected chi connectivity index (χ4v) is 3.14. The van der Waals surface area contributed by atoms with Gasteiger partial charge in [-0.15, -0.1) is 10.2 Å². The van der Waals surface area contributed by atoms with Crippen molar-refractivity contribution < 1.29 is 9.53 Å². The predicted octanol–water partition coefficient (Wildman–Crippen LogP) is 1.26. The van der Waals surface area contributed by atoms with E-state index in [-0.39, 0.29) is 12.0 Å². The van der Waals surface area contributed by atoms with Crippen LogP contribution in [0.15, 0.2) is 29.7 Å². The van der Waals surface area contributed by atoms with Crippen molar-refractivity contribution in [1.29, 1.82) is 0 Å². The zero-order chi connectivity index (χ0) is 16.1. The van der Waals surface area contributed by atoms with Gasteiger partial charge < -0.3 is 14.6 Å². The van der Waals surface area contributed by atoms with E-state index >= 15 is 0 Å². The molecule has 2 aromatic heterocycles. The first kappa shape index (κ1) is 15.9. The van der Waals surface area contributed by atoms with E-state index in [2.05, 4.69) is 20.5 Å². The van der Waals surface area contributed by atoms with Gasteiger partial charge in [0, 0.05) is 38.2 Å². The van der Waals surface area contributed by atoms with Gasteiger partial charge in [-0.25, -0.2) is 0 Å². The largest absolute Gasteiger partial charge is 0.376 e. The summed E-state index contributed by atoms with van der Waals surface area (Å²) in [5, 5.41) is 11.9. The van der Waals surface area contributed by atoms with Crippen LogP contribution in [0.1, 0.15) is 12.8 Å². The highest BCUT2D eigenvalue weighted by atomic mass is 32.2. The number of pyridine rings is 1. The van der Waals surface area contributed by atoms with Crippen LogP contribution in [-0.2, 0) is 16.6 Å². The molecule has 0 aliphatic carbocycles. The van der Waals surface area contributed by atoms with Crippen molar-refractivity contribution in [2.75, 3.05) is 18.9 Å². The minimum absolute atomic E-state index is 0.0172. The molecule has 3 rings (SSSR count). The minimum atomic E-state index is -0.0172. The number of carbonyl (C=O) groups is 1. The molecule has 3 heterocycles. The molecular weight excluding hydrogens is 314 g/mol. The number of amides is 1. The van der Waals surface area contributed by atoms with Crippen LogP contribution in [0.3, 0.4) is 0 Å². The maximum absolute atomic E-state index is 11.9. The summed E-state index contributed by atoms with van der Waals surface area (Å²) in [5.41, 5.74) is 0.900. The molecule has 8 heteroatoms. The molecule has 1 aliphatic heterocycles. The molecule has 0 radical (unpaired) electrons. The quantitative estimate of drug-likeness (QED) is 0.802. The SMILES string of the molecule is Cn1c(SCC(=O)NC[C@@H]2CCCO2)nnc1-c1cccnc1. The van der Waals surface area contributed by atoms with Gasteiger partial charge in [0.05, 0.1) is 11.9 Å². The van der Waals surface area contributed by atoms with Gasteiger partial charge in [0.25, 0.3) is 0 Å². The molecule has 1 fully saturated rings. The highest BCUT2D eigenvalue weighted by molar-refractivity contribution is 7.99. The Morgan fingerprint density at radius 1 is 1.52 bits per heavy atom. The number of nitrogens with zero attached hydrogens (tertiary/aromatic N) is 4. The topological polar surface area (TPSA) is 81.9 Å². The average Bonchev–Trinajstić information content (AvgIpc) is 3.22. The normalized spacial score (nSPS) is 17.3. The third kappa shape index (κ3) is 4.08. The van der Waals surface area contributed by atoms with Gasteiger partial charge >= 0.3 is 0 Å². The minimum Gasteiger partial charge on any atom is -0.376 e. The third-order valence-electron chi connectivity index (χ3n) is 3.64. The molecule has 0 bridgehead atoms. The van der Waals surface area contributed by atoms with Crippen molar-refractivity contribution in [3.63, 3.8) is 0 Å². The van der Waals surface area contributed by atoms with Crippen LogP contribution in [0.2, 0.25) is 0 Å². The van der Waals surface area contributed by atoms with E-state index in [4.69, 9.17) is 4.74 Å². The molecule has 1 aliphatic rings. The molecular formula is C15H19N5O2S. The molecule has 1 saturated heterocycles. The van der Waals surface area contributed by atoms with Gasteiger partial charge in [-0.05, 0) is 25.0 Å². The molecule has 0 unspecified atom stereocenters. The van der Waals surface area contributed by atoms with Crippen LogP contribution in [0.25, 0.3) is 11.4 Å². The van der Waals surface area contributed by atoms with E-state index < -0.39 is 0 Å². The Balaban J connectivity index is 1.52. The van der Waals surface area contributed by atoms with Crippen molar-refractivity contribution in [2.24, 2.45) is 7.05 Å². The summed E-state index contributed by atoms with van der Waals surface area (Å²) in [6.45, 7) is 1.38. The second kappa shape index (κ2) is 7.56. The lowest BCUT2D eigenvalue weighted by Crippen LogP contribution is -2.32. The Hall–Kier alpha value is -1.93. The summed E-state index contributed by atoms with van der Waals surface area (Å²) >= 11 is 1.37. The summed E-state index contributed by atoms with van der Waals surface area (Å²) in [7, 11) is 1.88. The van der Waals surface area contributed by atoms with Crippen molar-refractivity contribution in [1.82, 2.24) is 25.1 Å². The van der Waals surface area contributed by atoms with E-state index in [9.17, 15) is 4.79 Å². The first-order valence-electron chi connectivity index (χ1n) is 7.55. The van der Waals surface area contributed by atoms with Gasteiger partial charge in [-0.2, -0.15) is 0 Å². The van der Waals surface area contributed by atoms with E-state index in [1.54, 1.807) is 12.4 Å². The Kier molecular flexibility index (Phi) is 5.24. The second-order valence-corrected chi connectivity index (χ2v) is 6.28. The molecule has 1 atom stereocenters. The number of carbonyl (C=O) groups excluding carboxylic acids is 1. The maximum Gasteiger partial charge on any atom is 0.230 e. The van der Waals surface area contributed by atoms with Crippen molar-refractivity contribution >= 4 is 17.7 Å². The number of aromatic nitrogens is 4. The molecule has 7 nitrogen and oxygen atoms in total. The monoisotopic (exact) mass is 333 g/mol. The Labute approximate surface area is 138 Å². The van der Waals surface area contributed by atoms with Crippen molar-refractivity contribution in [3.05, 3.63) is 24.5 Å². The molecule has 1 N–H and O–H groups in total. The molecule has 1 amide bonds. The first-order chi connectivity index (χ1) is 11.2. The smallest absolute Gasteiger partial charge is 0.230 e. The van der Waals surface area contributed by atoms with Gasteiger partial charge in [-0.1, -0.05) is 11.8 Å². The summed E-state index contributed by atoms with van der Waals surface area (Å²) < 4.78 is 7.35. The predicted molar refractivity (Wildman–Crippen MR) is 86.9 cm³/mol. The van der Waals surface area contributed by atoms with Crippen molar-refractivity contribution in [3.8, 4) is 11.4 Å². The summed E-state index contributed by atoms with van der Waals surface area (Å²) in [6.07, 6.45) is 5.72. The van der Waals surface area contributed by atoms with Crippen molar-refractivity contribution in [2.45, 2.75) is 24.1 Å². The van der Waals surface area contributed by atoms with E-state index in [0.717, 1.165) is 30.8 Å². The zero-order valence-electron chi connectivity index (χ0n) is 12.9. The van der Waals surface area contributed by atoms with Gasteiger partial charge in [0.1, 0.15) is 0 Å². The molecule has 23 heavy (non-hydrogen) atoms. The Morgan fingerprint density at radius 2 is 2.43 bits per heavy atom. The standard InChI is InChI=1S/C15H19N5O2S/c1-20-14(11-4-2-6-16-8-11)18-19-15(20)23-10-13(21)17-9-12-5-3-7-22-12/h2,4,6,8,12H,3,5,7,9-10H2,1H3,(H,17,21)/t12-/m0/s1. The molecule has 0 aromatic carbocycles. The number of hydrogen-bond acceptors (Lipinski definition) is 6. The van der Waals surface area contributed by atoms with Gasteiger partial charge in [0.2, 0.25) is 5.91 Å². The van der Waals surface area contributed by atoms with Crippen LogP contribution in [-0.4, -0.2) is 50.7 Å². The van der Waals surface area contributed by atoms with Crippen LogP contribution in [0, 0.1) is 0 Å². The van der Waals surface area contributed by atoms with Crippen LogP contribution < -0.4 is 5.32 Å². The highest BCUT2D eigenvalue weighted by Gasteiger charge is 2.17. The first-order valence-corrected chi connectivity index (χ1v) is 8.53. The average molecular weight is 333 g/mol. The Bertz CT molecular complexity index is 655. The van der Waals surface area contributed by atoms with Gasteiger partial charge in [0.15, 0.2) is 11.0 Å². The van der Waals surface area contributed by atoms with Crippen LogP contribution in [0.5, 0.6) is 0 Å². The van der Waals surface area contributed by atoms with Crippen LogP contribution >= 0.6 is 11.8 Å². The lowest BCUT2D eigenvalue weighted by Gasteiger charge is -2.10. The third-order valence-corrected chi connectivity index (χ3v) is 4.66. The maximum atomic E-state index is 11.9. The summed E-state index contributed by atoms with van der Waals surface area (Å²) in [6, 6.07) is 3.79. The van der Waals surface area contributed by atoms with Crippen LogP contribution in [0.4, 0.5) is 0 Å². The molecule has 0 spiro atoms. The second-order valence-electron chi connectivity index (χ2n) is 5.33. The lowest BCUT2D eigenvalue weighted by molar-refractivity contribution is -0.119. The number of thioether (sulfide) groups is 1. The molecule has 122 valence electrons. The fraction of sp³-hybridized carbons (Fsp3) is 0.467. The number of nitrogens with one attached hydrogen (secondary N) is 1. The molecule has 0 saturated carbocycles. The zero-order valence-corrected chi connectivity index (χ0v) is 13.8. The lowest BCUT2D eigenvalue weighted by atomic mass is 10.2. The number of rotatable bonds is 6. The number of hydrogen-bond donors (Lipinski definition) is 1. The Morgan fingerprint density at radius 3 is 3.17 bits per heavy atom. The highest BCUT2D eigenvalue weighted by Crippen LogP contribution is 2.21. The van der Waals surface area contributed by atoms with Gasteiger partial charge in [-0.3, -0.25) is 9.78 Å². The fourth-order valence-electron chi connectivity index (χ4n) is 2.40. The molecule has 2 aromatic rings. The summed E-state index contributed by atoms with van der Waals surface area (Å²) in [5.74, 6) is 1.03.